The molecular weight excluding hydrogens is 515 g/mol. The third-order valence-electron chi connectivity index (χ3n) is 8.60. The highest BCUT2D eigenvalue weighted by Crippen LogP contribution is 2.58. The Morgan fingerprint density at radius 1 is 0.605 bits per heavy atom. The molecule has 0 aromatic heterocycles. The molecule has 3 nitrogen and oxygen atoms in total. The fraction of sp³-hybridized carbons (Fsp3) is 0.600. The summed E-state index contributed by atoms with van der Waals surface area (Å²) in [6, 6.07) is 8.54. The molecule has 5 rings (SSSR count). The van der Waals surface area contributed by atoms with Gasteiger partial charge in [0.1, 0.15) is 12.3 Å². The number of benzene rings is 2. The number of rotatable bonds is 7. The first kappa shape index (κ1) is 27.6. The topological polar surface area (TPSA) is 35.5 Å². The highest BCUT2D eigenvalue weighted by atomic mass is 31.2. The molecule has 38 heavy (non-hydrogen) atoms. The highest BCUT2D eigenvalue weighted by Gasteiger charge is 2.41. The fourth-order valence-corrected chi connectivity index (χ4v) is 8.58. The van der Waals surface area contributed by atoms with Crippen LogP contribution in [-0.4, -0.2) is 18.0 Å². The molecule has 0 aliphatic heterocycles. The summed E-state index contributed by atoms with van der Waals surface area (Å²) in [6.07, 6.45) is 7.42. The Morgan fingerprint density at radius 3 is 1.45 bits per heavy atom. The van der Waals surface area contributed by atoms with Crippen LogP contribution in [0.3, 0.4) is 0 Å². The molecule has 4 unspecified atom stereocenters. The van der Waals surface area contributed by atoms with Crippen molar-refractivity contribution in [2.24, 2.45) is 0 Å². The van der Waals surface area contributed by atoms with Crippen molar-refractivity contribution < 1.29 is 31.2 Å². The lowest BCUT2D eigenvalue weighted by molar-refractivity contribution is 0.216. The predicted molar refractivity (Wildman–Crippen MR) is 141 cm³/mol. The minimum absolute atomic E-state index is 0.242. The summed E-state index contributed by atoms with van der Waals surface area (Å²) in [7, 11) is -4.04. The quantitative estimate of drug-likeness (QED) is 0.253. The maximum Gasteiger partial charge on any atom is 0.433 e. The zero-order valence-electron chi connectivity index (χ0n) is 21.7. The van der Waals surface area contributed by atoms with E-state index in [0.29, 0.717) is 49.7 Å². The van der Waals surface area contributed by atoms with Gasteiger partial charge in [0.15, 0.2) is 23.1 Å². The molecule has 8 heteroatoms. The molecule has 3 saturated carbocycles. The lowest BCUT2D eigenvalue weighted by Crippen LogP contribution is -2.21. The van der Waals surface area contributed by atoms with Crippen molar-refractivity contribution in [2.75, 3.05) is 0 Å². The first-order valence-electron chi connectivity index (χ1n) is 14.2. The zero-order valence-corrected chi connectivity index (χ0v) is 22.6. The van der Waals surface area contributed by atoms with E-state index in [9.17, 15) is 13.3 Å². The van der Waals surface area contributed by atoms with Crippen molar-refractivity contribution in [1.29, 1.82) is 0 Å². The Balaban J connectivity index is 1.39. The molecule has 0 amide bonds. The third-order valence-corrected chi connectivity index (χ3v) is 10.9. The van der Waals surface area contributed by atoms with Crippen molar-refractivity contribution in [1.82, 2.24) is 0 Å². The van der Waals surface area contributed by atoms with Gasteiger partial charge in [0, 0.05) is 11.8 Å². The molecule has 0 saturated heterocycles. The average Bonchev–Trinajstić information content (AvgIpc) is 2.92. The van der Waals surface area contributed by atoms with Gasteiger partial charge in [0.05, 0.1) is 5.66 Å². The smallest absolute Gasteiger partial charge is 0.413 e. The molecule has 2 aromatic carbocycles. The monoisotopic (exact) mass is 552 g/mol. The van der Waals surface area contributed by atoms with E-state index in [0.717, 1.165) is 44.9 Å². The molecule has 0 spiro atoms. The number of hydrogen-bond donors (Lipinski definition) is 0. The van der Waals surface area contributed by atoms with Gasteiger partial charge in [0.25, 0.3) is 0 Å². The van der Waals surface area contributed by atoms with Crippen LogP contribution in [0, 0.1) is 11.6 Å². The molecule has 0 bridgehead atoms. The number of hydrogen-bond acceptors (Lipinski definition) is 3. The summed E-state index contributed by atoms with van der Waals surface area (Å²) < 4.78 is 85.1. The molecule has 0 N–H and O–H groups in total. The van der Waals surface area contributed by atoms with Crippen LogP contribution in [0.2, 0.25) is 0 Å². The van der Waals surface area contributed by atoms with Crippen LogP contribution >= 0.6 is 7.60 Å². The minimum atomic E-state index is -4.04. The molecule has 0 radical (unpaired) electrons. The second-order valence-corrected chi connectivity index (χ2v) is 13.4. The van der Waals surface area contributed by atoms with Gasteiger partial charge >= 0.3 is 7.60 Å². The van der Waals surface area contributed by atoms with E-state index < -0.39 is 37.2 Å². The Hall–Kier alpha value is -2.01. The Morgan fingerprint density at radius 2 is 1.03 bits per heavy atom. The van der Waals surface area contributed by atoms with Crippen LogP contribution in [0.5, 0.6) is 11.5 Å². The van der Waals surface area contributed by atoms with Crippen molar-refractivity contribution in [3.05, 3.63) is 59.2 Å². The normalized spacial score (nSPS) is 28.4. The third kappa shape index (κ3) is 6.08. The second-order valence-electron chi connectivity index (χ2n) is 11.2. The van der Waals surface area contributed by atoms with E-state index in [1.807, 2.05) is 0 Å². The van der Waals surface area contributed by atoms with Crippen LogP contribution in [0.1, 0.15) is 106 Å². The van der Waals surface area contributed by atoms with Crippen LogP contribution < -0.4 is 9.05 Å². The average molecular weight is 553 g/mol. The van der Waals surface area contributed by atoms with Gasteiger partial charge in [-0.2, -0.15) is 0 Å². The van der Waals surface area contributed by atoms with Crippen molar-refractivity contribution >= 4 is 7.60 Å². The van der Waals surface area contributed by atoms with E-state index in [1.165, 1.54) is 24.3 Å². The van der Waals surface area contributed by atoms with E-state index >= 15 is 8.78 Å². The van der Waals surface area contributed by atoms with Gasteiger partial charge in [-0.05, 0) is 73.9 Å². The summed E-state index contributed by atoms with van der Waals surface area (Å²) in [5.74, 6) is -2.69. The molecule has 3 aliphatic carbocycles. The Kier molecular flexibility index (Phi) is 8.72. The van der Waals surface area contributed by atoms with Crippen LogP contribution in [0.15, 0.2) is 36.4 Å². The molecular formula is C30H37F4O3P. The van der Waals surface area contributed by atoms with Gasteiger partial charge in [-0.15, -0.1) is 0 Å². The Bertz CT molecular complexity index is 1070. The fourth-order valence-electron chi connectivity index (χ4n) is 6.40. The van der Waals surface area contributed by atoms with Crippen LogP contribution in [-0.2, 0) is 4.57 Å². The first-order valence-corrected chi connectivity index (χ1v) is 15.8. The minimum Gasteiger partial charge on any atom is -0.413 e. The van der Waals surface area contributed by atoms with Crippen LogP contribution in [0.4, 0.5) is 17.6 Å². The predicted octanol–water partition coefficient (Wildman–Crippen LogP) is 9.94. The van der Waals surface area contributed by atoms with Gasteiger partial charge in [-0.1, -0.05) is 57.1 Å². The molecule has 0 heterocycles. The summed E-state index contributed by atoms with van der Waals surface area (Å²) in [5.41, 5.74) is 0.619. The van der Waals surface area contributed by atoms with Crippen molar-refractivity contribution in [3.63, 3.8) is 0 Å². The Labute approximate surface area is 222 Å². The lowest BCUT2D eigenvalue weighted by Gasteiger charge is -2.31. The molecule has 2 aromatic rings. The maximum absolute atomic E-state index is 15.2. The van der Waals surface area contributed by atoms with Gasteiger partial charge in [0.2, 0.25) is 0 Å². The van der Waals surface area contributed by atoms with Crippen LogP contribution in [0.25, 0.3) is 0 Å². The summed E-state index contributed by atoms with van der Waals surface area (Å²) >= 11 is 0. The van der Waals surface area contributed by atoms with Crippen molar-refractivity contribution in [2.45, 2.75) is 113 Å². The molecule has 4 atom stereocenters. The second kappa shape index (κ2) is 12.0. The van der Waals surface area contributed by atoms with E-state index in [-0.39, 0.29) is 23.3 Å². The first-order chi connectivity index (χ1) is 18.3. The highest BCUT2D eigenvalue weighted by molar-refractivity contribution is 7.55. The zero-order chi connectivity index (χ0) is 26.7. The van der Waals surface area contributed by atoms with Gasteiger partial charge in [-0.3, -0.25) is 0 Å². The number of halogens is 4. The van der Waals surface area contributed by atoms with E-state index in [2.05, 4.69) is 0 Å². The van der Waals surface area contributed by atoms with Gasteiger partial charge in [-0.25, -0.2) is 22.1 Å². The van der Waals surface area contributed by atoms with E-state index in [4.69, 9.17) is 9.05 Å². The standard InChI is InChI=1S/C30H37F4O3P/c31-25-12-6-4-10-23(25)20-14-16-29(27(33)18-20)36-38(35,22-8-2-1-3-9-22)37-30-17-15-21(19-28(30)34)24-11-5-7-13-26(24)32/h14-19,22-26H,1-13H2. The SMILES string of the molecule is O=P(Oc1ccc(C2CCCCC2F)cc1F)(Oc1ccc(C2CCCCC2F)cc1F)C1CCCCC1. The van der Waals surface area contributed by atoms with Crippen molar-refractivity contribution in [3.8, 4) is 11.5 Å². The molecule has 208 valence electrons. The van der Waals surface area contributed by atoms with Gasteiger partial charge < -0.3 is 9.05 Å². The molecule has 3 fully saturated rings. The largest absolute Gasteiger partial charge is 0.433 e. The number of alkyl halides is 2. The lowest BCUT2D eigenvalue weighted by atomic mass is 9.82. The summed E-state index contributed by atoms with van der Waals surface area (Å²) in [5, 5.41) is 0. The summed E-state index contributed by atoms with van der Waals surface area (Å²) in [6.45, 7) is 0. The molecule has 3 aliphatic rings. The van der Waals surface area contributed by atoms with E-state index in [1.54, 1.807) is 12.1 Å². The summed E-state index contributed by atoms with van der Waals surface area (Å²) in [4.78, 5) is 0. The maximum atomic E-state index is 15.2.